The summed E-state index contributed by atoms with van der Waals surface area (Å²) in [6.45, 7) is 0. The lowest BCUT2D eigenvalue weighted by Gasteiger charge is -2.22. The Labute approximate surface area is 107 Å². The first-order valence-corrected chi connectivity index (χ1v) is 6.71. The maximum absolute atomic E-state index is 4.45. The van der Waals surface area contributed by atoms with Crippen LogP contribution >= 0.6 is 0 Å². The molecule has 2 heteroatoms. The number of benzene rings is 1. The number of hydrogen-bond donors (Lipinski definition) is 1. The normalized spacial score (nSPS) is 26.3. The van der Waals surface area contributed by atoms with Gasteiger partial charge in [0.15, 0.2) is 0 Å². The minimum absolute atomic E-state index is 0.589. The second kappa shape index (κ2) is 3.92. The molecule has 1 aromatic carbocycles. The zero-order valence-corrected chi connectivity index (χ0v) is 10.3. The molecule has 0 radical (unpaired) electrons. The molecule has 1 saturated heterocycles. The van der Waals surface area contributed by atoms with Crippen molar-refractivity contribution in [1.29, 1.82) is 0 Å². The van der Waals surface area contributed by atoms with Gasteiger partial charge in [0.1, 0.15) is 0 Å². The van der Waals surface area contributed by atoms with Crippen molar-refractivity contribution in [3.63, 3.8) is 0 Å². The maximum Gasteiger partial charge on any atom is 0.0708 e. The van der Waals surface area contributed by atoms with E-state index in [1.807, 2.05) is 12.3 Å². The van der Waals surface area contributed by atoms with E-state index >= 15 is 0 Å². The van der Waals surface area contributed by atoms with Crippen molar-refractivity contribution >= 4 is 16.5 Å². The molecule has 2 atom stereocenters. The largest absolute Gasteiger partial charge is 0.307 e. The fraction of sp³-hybridized carbons (Fsp3) is 0.312. The van der Waals surface area contributed by atoms with Crippen LogP contribution in [0.2, 0.25) is 0 Å². The number of aromatic nitrogens is 1. The fourth-order valence-electron chi connectivity index (χ4n) is 3.30. The van der Waals surface area contributed by atoms with Gasteiger partial charge < -0.3 is 5.32 Å². The number of nitrogens with one attached hydrogen (secondary N) is 1. The van der Waals surface area contributed by atoms with E-state index in [9.17, 15) is 0 Å². The first-order chi connectivity index (χ1) is 8.90. The quantitative estimate of drug-likeness (QED) is 0.822. The van der Waals surface area contributed by atoms with Gasteiger partial charge in [-0.2, -0.15) is 0 Å². The Morgan fingerprint density at radius 2 is 2.11 bits per heavy atom. The summed E-state index contributed by atoms with van der Waals surface area (Å²) < 4.78 is 0. The molecule has 2 aliphatic rings. The predicted octanol–water partition coefficient (Wildman–Crippen LogP) is 3.14. The van der Waals surface area contributed by atoms with Crippen LogP contribution in [0.4, 0.5) is 0 Å². The number of hydrogen-bond acceptors (Lipinski definition) is 2. The second-order valence-electron chi connectivity index (χ2n) is 5.32. The highest BCUT2D eigenvalue weighted by Crippen LogP contribution is 2.34. The van der Waals surface area contributed by atoms with E-state index in [0.717, 1.165) is 11.9 Å². The van der Waals surface area contributed by atoms with E-state index in [-0.39, 0.29) is 0 Å². The maximum atomic E-state index is 4.45. The van der Waals surface area contributed by atoms with Crippen molar-refractivity contribution in [3.05, 3.63) is 48.2 Å². The van der Waals surface area contributed by atoms with Gasteiger partial charge in [0, 0.05) is 23.7 Å². The summed E-state index contributed by atoms with van der Waals surface area (Å²) in [5.41, 5.74) is 3.97. The fourth-order valence-corrected chi connectivity index (χ4v) is 3.30. The summed E-state index contributed by atoms with van der Waals surface area (Å²) in [5.74, 6) is 0. The zero-order valence-electron chi connectivity index (χ0n) is 10.3. The first kappa shape index (κ1) is 10.3. The summed E-state index contributed by atoms with van der Waals surface area (Å²) in [7, 11) is 0. The van der Waals surface area contributed by atoms with Crippen molar-refractivity contribution in [2.75, 3.05) is 0 Å². The number of rotatable bonds is 1. The van der Waals surface area contributed by atoms with Crippen molar-refractivity contribution in [1.82, 2.24) is 10.3 Å². The molecule has 2 aromatic rings. The molecule has 1 aromatic heterocycles. The van der Waals surface area contributed by atoms with E-state index in [2.05, 4.69) is 40.6 Å². The van der Waals surface area contributed by atoms with Crippen molar-refractivity contribution in [2.24, 2.45) is 0 Å². The van der Waals surface area contributed by atoms with Gasteiger partial charge in [-0.3, -0.25) is 4.98 Å². The Morgan fingerprint density at radius 1 is 1.11 bits per heavy atom. The number of nitrogens with zero attached hydrogens (tertiary/aromatic N) is 1. The van der Waals surface area contributed by atoms with Gasteiger partial charge in [0.05, 0.1) is 5.52 Å². The van der Waals surface area contributed by atoms with Crippen LogP contribution in [0.25, 0.3) is 16.5 Å². The average Bonchev–Trinajstić information content (AvgIpc) is 2.77. The van der Waals surface area contributed by atoms with E-state index in [1.54, 1.807) is 0 Å². The zero-order chi connectivity index (χ0) is 11.9. The number of fused-ring (bicyclic) bond motifs is 3. The smallest absolute Gasteiger partial charge is 0.0708 e. The Morgan fingerprint density at radius 3 is 3.06 bits per heavy atom. The van der Waals surface area contributed by atoms with Crippen LogP contribution in [0, 0.1) is 0 Å². The molecule has 0 saturated carbocycles. The summed E-state index contributed by atoms with van der Waals surface area (Å²) in [4.78, 5) is 4.45. The van der Waals surface area contributed by atoms with Crippen LogP contribution in [0.5, 0.6) is 0 Å². The SMILES string of the molecule is C1=C(c2cccc3ncccc23)CC2CCC1N2. The third-order valence-corrected chi connectivity index (χ3v) is 4.14. The van der Waals surface area contributed by atoms with Crippen LogP contribution in [0.3, 0.4) is 0 Å². The third-order valence-electron chi connectivity index (χ3n) is 4.14. The molecule has 1 fully saturated rings. The Hall–Kier alpha value is -1.67. The third kappa shape index (κ3) is 1.57. The molecule has 2 unspecified atom stereocenters. The van der Waals surface area contributed by atoms with Gasteiger partial charge in [0.2, 0.25) is 0 Å². The Bertz CT molecular complexity index is 625. The van der Waals surface area contributed by atoms with E-state index in [4.69, 9.17) is 0 Å². The highest BCUT2D eigenvalue weighted by Gasteiger charge is 2.28. The highest BCUT2D eigenvalue weighted by molar-refractivity contribution is 5.92. The molecule has 90 valence electrons. The molecule has 2 aliphatic heterocycles. The van der Waals surface area contributed by atoms with Crippen LogP contribution in [-0.4, -0.2) is 17.1 Å². The van der Waals surface area contributed by atoms with Gasteiger partial charge in [0.25, 0.3) is 0 Å². The predicted molar refractivity (Wildman–Crippen MR) is 74.3 cm³/mol. The second-order valence-corrected chi connectivity index (χ2v) is 5.32. The topological polar surface area (TPSA) is 24.9 Å². The van der Waals surface area contributed by atoms with Gasteiger partial charge in [-0.05, 0) is 42.5 Å². The van der Waals surface area contributed by atoms with Crippen molar-refractivity contribution in [3.8, 4) is 0 Å². The Kier molecular flexibility index (Phi) is 2.24. The highest BCUT2D eigenvalue weighted by atomic mass is 15.0. The van der Waals surface area contributed by atoms with Crippen molar-refractivity contribution < 1.29 is 0 Å². The molecule has 18 heavy (non-hydrogen) atoms. The van der Waals surface area contributed by atoms with Crippen LogP contribution in [-0.2, 0) is 0 Å². The number of pyridine rings is 1. The van der Waals surface area contributed by atoms with Crippen LogP contribution in [0.1, 0.15) is 24.8 Å². The van der Waals surface area contributed by atoms with Gasteiger partial charge in [-0.25, -0.2) is 0 Å². The summed E-state index contributed by atoms with van der Waals surface area (Å²) in [6, 6.07) is 11.9. The monoisotopic (exact) mass is 236 g/mol. The first-order valence-electron chi connectivity index (χ1n) is 6.71. The molecule has 2 nitrogen and oxygen atoms in total. The van der Waals surface area contributed by atoms with E-state index in [1.165, 1.54) is 29.4 Å². The average molecular weight is 236 g/mol. The Balaban J connectivity index is 1.88. The summed E-state index contributed by atoms with van der Waals surface area (Å²) in [5, 5.41) is 4.93. The molecule has 0 spiro atoms. The molecule has 0 aliphatic carbocycles. The minimum atomic E-state index is 0.589. The summed E-state index contributed by atoms with van der Waals surface area (Å²) >= 11 is 0. The van der Waals surface area contributed by atoms with E-state index < -0.39 is 0 Å². The molecular formula is C16H16N2. The van der Waals surface area contributed by atoms with Gasteiger partial charge >= 0.3 is 0 Å². The molecule has 1 N–H and O–H groups in total. The standard InChI is InChI=1S/C16H16N2/c1-3-14(15-4-2-8-17-16(15)5-1)11-9-12-6-7-13(10-11)18-12/h1-5,8-9,12-13,18H,6-7,10H2. The molecule has 0 amide bonds. The lowest BCUT2D eigenvalue weighted by Crippen LogP contribution is -2.31. The van der Waals surface area contributed by atoms with Crippen LogP contribution in [0.15, 0.2) is 42.6 Å². The molecule has 2 bridgehead atoms. The summed E-state index contributed by atoms with van der Waals surface area (Å²) in [6.07, 6.45) is 8.05. The van der Waals surface area contributed by atoms with Crippen LogP contribution < -0.4 is 5.32 Å². The molecule has 3 heterocycles. The lowest BCUT2D eigenvalue weighted by molar-refractivity contribution is 0.575. The van der Waals surface area contributed by atoms with Gasteiger partial charge in [-0.15, -0.1) is 0 Å². The van der Waals surface area contributed by atoms with Gasteiger partial charge in [-0.1, -0.05) is 24.3 Å². The molecule has 4 rings (SSSR count). The lowest BCUT2D eigenvalue weighted by atomic mass is 9.93. The van der Waals surface area contributed by atoms with E-state index in [0.29, 0.717) is 12.1 Å². The minimum Gasteiger partial charge on any atom is -0.307 e. The van der Waals surface area contributed by atoms with Crippen molar-refractivity contribution in [2.45, 2.75) is 31.3 Å². The molecular weight excluding hydrogens is 220 g/mol.